The molecule has 0 aliphatic carbocycles. The molecule has 4 heteroatoms. The lowest BCUT2D eigenvalue weighted by molar-refractivity contribution is 0.0954. The molecule has 0 radical (unpaired) electrons. The Hall–Kier alpha value is -2.33. The van der Waals surface area contributed by atoms with Gasteiger partial charge < -0.3 is 15.2 Å². The van der Waals surface area contributed by atoms with Gasteiger partial charge in [0.1, 0.15) is 12.4 Å². The average molecular weight is 285 g/mol. The third kappa shape index (κ3) is 4.93. The molecule has 2 aromatic rings. The van der Waals surface area contributed by atoms with Crippen molar-refractivity contribution in [3.63, 3.8) is 0 Å². The Bertz CT molecular complexity index is 552. The maximum Gasteiger partial charge on any atom is 0.251 e. The summed E-state index contributed by atoms with van der Waals surface area (Å²) in [5.41, 5.74) is 1.80. The van der Waals surface area contributed by atoms with E-state index >= 15 is 0 Å². The number of carbonyl (C=O) groups is 1. The third-order valence-corrected chi connectivity index (χ3v) is 3.02. The largest absolute Gasteiger partial charge is 0.491 e. The fourth-order valence-corrected chi connectivity index (χ4v) is 1.93. The standard InChI is InChI=1S/C17H19NO3/c19-12-13-21-16-8-6-14(7-9-16)10-11-18-17(20)15-4-2-1-3-5-15/h1-9,19H,10-13H2,(H,18,20). The maximum atomic E-state index is 11.9. The van der Waals surface area contributed by atoms with E-state index in [1.54, 1.807) is 12.1 Å². The molecule has 0 aromatic heterocycles. The monoisotopic (exact) mass is 285 g/mol. The number of aliphatic hydroxyl groups excluding tert-OH is 1. The van der Waals surface area contributed by atoms with Gasteiger partial charge in [0.15, 0.2) is 0 Å². The van der Waals surface area contributed by atoms with Crippen LogP contribution >= 0.6 is 0 Å². The highest BCUT2D eigenvalue weighted by Gasteiger charge is 2.03. The molecule has 2 rings (SSSR count). The van der Waals surface area contributed by atoms with Gasteiger partial charge in [-0.25, -0.2) is 0 Å². The van der Waals surface area contributed by atoms with Crippen LogP contribution in [0.25, 0.3) is 0 Å². The second kappa shape index (κ2) is 8.07. The first kappa shape index (κ1) is 15.1. The number of nitrogens with one attached hydrogen (secondary N) is 1. The summed E-state index contributed by atoms with van der Waals surface area (Å²) in [7, 11) is 0. The van der Waals surface area contributed by atoms with Crippen LogP contribution in [-0.2, 0) is 6.42 Å². The topological polar surface area (TPSA) is 58.6 Å². The van der Waals surface area contributed by atoms with E-state index in [1.165, 1.54) is 0 Å². The van der Waals surface area contributed by atoms with E-state index in [2.05, 4.69) is 5.32 Å². The zero-order valence-electron chi connectivity index (χ0n) is 11.8. The predicted octanol–water partition coefficient (Wildman–Crippen LogP) is 2.03. The SMILES string of the molecule is O=C(NCCc1ccc(OCCO)cc1)c1ccccc1. The molecule has 21 heavy (non-hydrogen) atoms. The van der Waals surface area contributed by atoms with E-state index in [0.717, 1.165) is 17.7 Å². The molecule has 0 saturated heterocycles. The number of carbonyl (C=O) groups excluding carboxylic acids is 1. The van der Waals surface area contributed by atoms with Crippen molar-refractivity contribution in [2.45, 2.75) is 6.42 Å². The van der Waals surface area contributed by atoms with Gasteiger partial charge >= 0.3 is 0 Å². The minimum absolute atomic E-state index is 0.00721. The molecule has 0 aliphatic heterocycles. The van der Waals surface area contributed by atoms with E-state index in [-0.39, 0.29) is 12.5 Å². The average Bonchev–Trinajstić information content (AvgIpc) is 2.55. The molecule has 0 bridgehead atoms. The summed E-state index contributed by atoms with van der Waals surface area (Å²) in [4.78, 5) is 11.9. The second-order valence-electron chi connectivity index (χ2n) is 4.59. The van der Waals surface area contributed by atoms with E-state index in [1.807, 2.05) is 42.5 Å². The van der Waals surface area contributed by atoms with Crippen molar-refractivity contribution < 1.29 is 14.6 Å². The van der Waals surface area contributed by atoms with Crippen LogP contribution in [-0.4, -0.2) is 30.8 Å². The summed E-state index contributed by atoms with van der Waals surface area (Å²) >= 11 is 0. The van der Waals surface area contributed by atoms with Gasteiger partial charge in [-0.05, 0) is 36.2 Å². The Morgan fingerprint density at radius 2 is 1.76 bits per heavy atom. The summed E-state index contributed by atoms with van der Waals surface area (Å²) in [6.45, 7) is 0.893. The quantitative estimate of drug-likeness (QED) is 0.818. The van der Waals surface area contributed by atoms with Crippen molar-refractivity contribution in [2.75, 3.05) is 19.8 Å². The Kier molecular flexibility index (Phi) is 5.79. The molecule has 0 spiro atoms. The molecule has 0 heterocycles. The van der Waals surface area contributed by atoms with E-state index in [9.17, 15) is 4.79 Å². The van der Waals surface area contributed by atoms with Crippen LogP contribution in [0.2, 0.25) is 0 Å². The Morgan fingerprint density at radius 3 is 2.43 bits per heavy atom. The van der Waals surface area contributed by atoms with Gasteiger partial charge in [-0.15, -0.1) is 0 Å². The second-order valence-corrected chi connectivity index (χ2v) is 4.59. The van der Waals surface area contributed by atoms with E-state index in [4.69, 9.17) is 9.84 Å². The van der Waals surface area contributed by atoms with Crippen molar-refractivity contribution in [1.82, 2.24) is 5.32 Å². The molecule has 0 fully saturated rings. The smallest absolute Gasteiger partial charge is 0.251 e. The summed E-state index contributed by atoms with van der Waals surface area (Å²) in [5, 5.41) is 11.6. The molecular weight excluding hydrogens is 266 g/mol. The Morgan fingerprint density at radius 1 is 1.05 bits per heavy atom. The summed E-state index contributed by atoms with van der Waals surface area (Å²) in [6.07, 6.45) is 0.763. The van der Waals surface area contributed by atoms with Crippen LogP contribution in [0, 0.1) is 0 Å². The molecule has 0 aliphatic rings. The van der Waals surface area contributed by atoms with Crippen molar-refractivity contribution >= 4 is 5.91 Å². The Labute approximate surface area is 124 Å². The molecule has 0 unspecified atom stereocenters. The molecule has 2 N–H and O–H groups in total. The molecule has 0 atom stereocenters. The van der Waals surface area contributed by atoms with Gasteiger partial charge in [0.05, 0.1) is 6.61 Å². The van der Waals surface area contributed by atoms with E-state index < -0.39 is 0 Å². The number of amides is 1. The molecule has 110 valence electrons. The van der Waals surface area contributed by atoms with Gasteiger partial charge in [0.25, 0.3) is 5.91 Å². The van der Waals surface area contributed by atoms with Crippen LogP contribution in [0.4, 0.5) is 0 Å². The zero-order valence-corrected chi connectivity index (χ0v) is 11.8. The molecule has 4 nitrogen and oxygen atoms in total. The van der Waals surface area contributed by atoms with Crippen LogP contribution < -0.4 is 10.1 Å². The lowest BCUT2D eigenvalue weighted by atomic mass is 10.1. The fraction of sp³-hybridized carbons (Fsp3) is 0.235. The third-order valence-electron chi connectivity index (χ3n) is 3.02. The molecule has 2 aromatic carbocycles. The highest BCUT2D eigenvalue weighted by atomic mass is 16.5. The van der Waals surface area contributed by atoms with Crippen LogP contribution in [0.3, 0.4) is 0 Å². The predicted molar refractivity (Wildman–Crippen MR) is 81.5 cm³/mol. The normalized spacial score (nSPS) is 10.1. The van der Waals surface area contributed by atoms with Crippen LogP contribution in [0.1, 0.15) is 15.9 Å². The van der Waals surface area contributed by atoms with Crippen molar-refractivity contribution in [3.05, 3.63) is 65.7 Å². The molecule has 0 saturated carbocycles. The highest BCUT2D eigenvalue weighted by Crippen LogP contribution is 2.12. The Balaban J connectivity index is 1.77. The minimum atomic E-state index is -0.0569. The maximum absolute atomic E-state index is 11.9. The highest BCUT2D eigenvalue weighted by molar-refractivity contribution is 5.94. The number of hydrogen-bond donors (Lipinski definition) is 2. The van der Waals surface area contributed by atoms with Gasteiger partial charge in [-0.2, -0.15) is 0 Å². The number of ether oxygens (including phenoxy) is 1. The number of aliphatic hydroxyl groups is 1. The molecular formula is C17H19NO3. The van der Waals surface area contributed by atoms with Gasteiger partial charge in [-0.1, -0.05) is 30.3 Å². The summed E-state index contributed by atoms with van der Waals surface area (Å²) in [6, 6.07) is 16.8. The number of hydrogen-bond acceptors (Lipinski definition) is 3. The van der Waals surface area contributed by atoms with Gasteiger partial charge in [-0.3, -0.25) is 4.79 Å². The summed E-state index contributed by atoms with van der Waals surface area (Å²) in [5.74, 6) is 0.680. The number of benzene rings is 2. The van der Waals surface area contributed by atoms with Crippen molar-refractivity contribution in [3.8, 4) is 5.75 Å². The van der Waals surface area contributed by atoms with Crippen LogP contribution in [0.15, 0.2) is 54.6 Å². The number of rotatable bonds is 7. The first-order chi connectivity index (χ1) is 10.3. The van der Waals surface area contributed by atoms with E-state index in [0.29, 0.717) is 18.7 Å². The summed E-state index contributed by atoms with van der Waals surface area (Å²) < 4.78 is 5.29. The first-order valence-electron chi connectivity index (χ1n) is 6.95. The zero-order chi connectivity index (χ0) is 14.9. The van der Waals surface area contributed by atoms with Gasteiger partial charge in [0, 0.05) is 12.1 Å². The van der Waals surface area contributed by atoms with Crippen molar-refractivity contribution in [1.29, 1.82) is 0 Å². The fourth-order valence-electron chi connectivity index (χ4n) is 1.93. The first-order valence-corrected chi connectivity index (χ1v) is 6.95. The lowest BCUT2D eigenvalue weighted by Crippen LogP contribution is -2.25. The minimum Gasteiger partial charge on any atom is -0.491 e. The lowest BCUT2D eigenvalue weighted by Gasteiger charge is -2.07. The van der Waals surface area contributed by atoms with Crippen molar-refractivity contribution in [2.24, 2.45) is 0 Å². The van der Waals surface area contributed by atoms with Crippen LogP contribution in [0.5, 0.6) is 5.75 Å². The molecule has 1 amide bonds. The van der Waals surface area contributed by atoms with Gasteiger partial charge in [0.2, 0.25) is 0 Å².